The molecule has 1 aromatic rings. The third kappa shape index (κ3) is 2.34. The Labute approximate surface area is 99.9 Å². The molecular weight excluding hydrogens is 220 g/mol. The van der Waals surface area contributed by atoms with Gasteiger partial charge in [-0.05, 0) is 6.42 Å². The van der Waals surface area contributed by atoms with Crippen molar-refractivity contribution in [2.75, 3.05) is 31.1 Å². The predicted molar refractivity (Wildman–Crippen MR) is 65.9 cm³/mol. The van der Waals surface area contributed by atoms with Crippen LogP contribution in [0, 0.1) is 11.3 Å². The Morgan fingerprint density at radius 2 is 2.25 bits per heavy atom. The second kappa shape index (κ2) is 5.28. The second-order valence-corrected chi connectivity index (χ2v) is 4.85. The highest BCUT2D eigenvalue weighted by Gasteiger charge is 2.17. The molecule has 0 atom stereocenters. The van der Waals surface area contributed by atoms with Crippen molar-refractivity contribution in [3.05, 3.63) is 10.6 Å². The molecule has 0 aromatic carbocycles. The Hall–Kier alpha value is -1.12. The summed E-state index contributed by atoms with van der Waals surface area (Å²) >= 11 is 1.53. The molecule has 0 spiro atoms. The molecule has 2 rings (SSSR count). The molecule has 4 nitrogen and oxygen atoms in total. The molecule has 1 fully saturated rings. The first-order valence-electron chi connectivity index (χ1n) is 5.70. The fourth-order valence-corrected chi connectivity index (χ4v) is 2.79. The van der Waals surface area contributed by atoms with Gasteiger partial charge in [0.15, 0.2) is 5.13 Å². The maximum absolute atomic E-state index is 9.05. The largest absolute Gasteiger partial charge is 0.346 e. The lowest BCUT2D eigenvalue weighted by Crippen LogP contribution is -2.43. The first-order valence-corrected chi connectivity index (χ1v) is 6.52. The van der Waals surface area contributed by atoms with E-state index in [2.05, 4.69) is 28.2 Å². The monoisotopic (exact) mass is 236 g/mol. The van der Waals surface area contributed by atoms with Gasteiger partial charge in [0.2, 0.25) is 0 Å². The van der Waals surface area contributed by atoms with Crippen LogP contribution in [0.25, 0.3) is 0 Å². The molecule has 1 aliphatic heterocycles. The highest BCUT2D eigenvalue weighted by Crippen LogP contribution is 2.26. The summed E-state index contributed by atoms with van der Waals surface area (Å²) in [6.45, 7) is 6.11. The van der Waals surface area contributed by atoms with E-state index in [-0.39, 0.29) is 0 Å². The predicted octanol–water partition coefficient (Wildman–Crippen LogP) is 1.38. The number of nitriles is 1. The summed E-state index contributed by atoms with van der Waals surface area (Å²) < 4.78 is 0. The van der Waals surface area contributed by atoms with Crippen LogP contribution in [-0.4, -0.2) is 31.2 Å². The van der Waals surface area contributed by atoms with Crippen molar-refractivity contribution in [2.24, 2.45) is 0 Å². The second-order valence-electron chi connectivity index (χ2n) is 3.87. The van der Waals surface area contributed by atoms with Gasteiger partial charge >= 0.3 is 0 Å². The Bertz CT molecular complexity index is 387. The summed E-state index contributed by atoms with van der Waals surface area (Å²) in [4.78, 5) is 7.64. The minimum atomic E-state index is 0.787. The minimum absolute atomic E-state index is 0.787. The molecule has 86 valence electrons. The zero-order chi connectivity index (χ0) is 11.4. The van der Waals surface area contributed by atoms with Crippen LogP contribution in [-0.2, 0) is 6.42 Å². The van der Waals surface area contributed by atoms with Crippen LogP contribution < -0.4 is 10.2 Å². The summed E-state index contributed by atoms with van der Waals surface area (Å²) in [5.74, 6) is 0. The topological polar surface area (TPSA) is 52.0 Å². The quantitative estimate of drug-likeness (QED) is 0.861. The van der Waals surface area contributed by atoms with Gasteiger partial charge < -0.3 is 10.2 Å². The molecule has 16 heavy (non-hydrogen) atoms. The smallest absolute Gasteiger partial charge is 0.186 e. The lowest BCUT2D eigenvalue weighted by atomic mass is 10.2. The fourth-order valence-electron chi connectivity index (χ4n) is 1.82. The van der Waals surface area contributed by atoms with Gasteiger partial charge in [-0.3, -0.25) is 0 Å². The van der Waals surface area contributed by atoms with E-state index < -0.39 is 0 Å². The van der Waals surface area contributed by atoms with E-state index in [1.165, 1.54) is 11.3 Å². The number of anilines is 1. The van der Waals surface area contributed by atoms with E-state index in [4.69, 9.17) is 5.26 Å². The van der Waals surface area contributed by atoms with E-state index >= 15 is 0 Å². The first kappa shape index (κ1) is 11.4. The maximum Gasteiger partial charge on any atom is 0.186 e. The van der Waals surface area contributed by atoms with Gasteiger partial charge in [-0.15, -0.1) is 0 Å². The van der Waals surface area contributed by atoms with Gasteiger partial charge in [0.1, 0.15) is 10.9 Å². The fraction of sp³-hybridized carbons (Fsp3) is 0.636. The Kier molecular flexibility index (Phi) is 3.75. The third-order valence-electron chi connectivity index (χ3n) is 2.66. The third-order valence-corrected chi connectivity index (χ3v) is 3.73. The zero-order valence-electron chi connectivity index (χ0n) is 9.49. The van der Waals surface area contributed by atoms with Crippen LogP contribution in [0.4, 0.5) is 5.13 Å². The first-order chi connectivity index (χ1) is 7.85. The number of aryl methyl sites for hydroxylation is 1. The molecule has 0 radical (unpaired) electrons. The van der Waals surface area contributed by atoms with Crippen LogP contribution in [0.1, 0.15) is 23.9 Å². The number of piperazine rings is 1. The SMILES string of the molecule is CCCc1nc(N2CCNCC2)sc1C#N. The highest BCUT2D eigenvalue weighted by atomic mass is 32.1. The number of aromatic nitrogens is 1. The molecule has 0 aliphatic carbocycles. The number of thiazole rings is 1. The molecule has 1 aliphatic rings. The van der Waals surface area contributed by atoms with E-state index in [1.54, 1.807) is 0 Å². The van der Waals surface area contributed by atoms with Gasteiger partial charge in [0, 0.05) is 26.2 Å². The molecule has 1 N–H and O–H groups in total. The normalized spacial score (nSPS) is 16.1. The highest BCUT2D eigenvalue weighted by molar-refractivity contribution is 7.16. The van der Waals surface area contributed by atoms with Crippen LogP contribution in [0.3, 0.4) is 0 Å². The standard InChI is InChI=1S/C11H16N4S/c1-2-3-9-10(8-12)16-11(14-9)15-6-4-13-5-7-15/h13H,2-7H2,1H3. The molecule has 0 saturated carbocycles. The van der Waals surface area contributed by atoms with Gasteiger partial charge in [-0.2, -0.15) is 5.26 Å². The van der Waals surface area contributed by atoms with Crippen LogP contribution in [0.2, 0.25) is 0 Å². The summed E-state index contributed by atoms with van der Waals surface area (Å²) in [6.07, 6.45) is 1.95. The summed E-state index contributed by atoms with van der Waals surface area (Å²) in [7, 11) is 0. The number of hydrogen-bond acceptors (Lipinski definition) is 5. The van der Waals surface area contributed by atoms with Gasteiger partial charge in [0.25, 0.3) is 0 Å². The number of rotatable bonds is 3. The van der Waals surface area contributed by atoms with Crippen molar-refractivity contribution >= 4 is 16.5 Å². The van der Waals surface area contributed by atoms with Gasteiger partial charge in [-0.25, -0.2) is 4.98 Å². The number of hydrogen-bond donors (Lipinski definition) is 1. The summed E-state index contributed by atoms with van der Waals surface area (Å²) in [6, 6.07) is 2.25. The van der Waals surface area contributed by atoms with E-state index in [0.29, 0.717) is 0 Å². The lowest BCUT2D eigenvalue weighted by Gasteiger charge is -2.26. The van der Waals surface area contributed by atoms with Crippen molar-refractivity contribution in [3.8, 4) is 6.07 Å². The van der Waals surface area contributed by atoms with E-state index in [0.717, 1.165) is 54.7 Å². The Morgan fingerprint density at radius 1 is 1.50 bits per heavy atom. The maximum atomic E-state index is 9.05. The Balaban J connectivity index is 2.18. The zero-order valence-corrected chi connectivity index (χ0v) is 10.3. The summed E-state index contributed by atoms with van der Waals surface area (Å²) in [5.41, 5.74) is 0.975. The molecule has 0 unspecified atom stereocenters. The van der Waals surface area contributed by atoms with E-state index in [9.17, 15) is 0 Å². The average molecular weight is 236 g/mol. The van der Waals surface area contributed by atoms with E-state index in [1.807, 2.05) is 0 Å². The van der Waals surface area contributed by atoms with Gasteiger partial charge in [-0.1, -0.05) is 24.7 Å². The lowest BCUT2D eigenvalue weighted by molar-refractivity contribution is 0.588. The molecule has 1 aromatic heterocycles. The van der Waals surface area contributed by atoms with Crippen molar-refractivity contribution < 1.29 is 0 Å². The molecule has 2 heterocycles. The molecule has 0 bridgehead atoms. The van der Waals surface area contributed by atoms with Crippen molar-refractivity contribution in [3.63, 3.8) is 0 Å². The molecule has 0 amide bonds. The molecule has 5 heteroatoms. The van der Waals surface area contributed by atoms with Crippen LogP contribution >= 0.6 is 11.3 Å². The Morgan fingerprint density at radius 3 is 2.88 bits per heavy atom. The van der Waals surface area contributed by atoms with Crippen LogP contribution in [0.5, 0.6) is 0 Å². The van der Waals surface area contributed by atoms with Crippen molar-refractivity contribution in [1.29, 1.82) is 5.26 Å². The average Bonchev–Trinajstić information content (AvgIpc) is 2.74. The minimum Gasteiger partial charge on any atom is -0.346 e. The van der Waals surface area contributed by atoms with Gasteiger partial charge in [0.05, 0.1) is 5.69 Å². The molecule has 1 saturated heterocycles. The van der Waals surface area contributed by atoms with Crippen molar-refractivity contribution in [1.82, 2.24) is 10.3 Å². The number of nitrogens with one attached hydrogen (secondary N) is 1. The molecular formula is C11H16N4S. The number of nitrogens with zero attached hydrogens (tertiary/aromatic N) is 3. The summed E-state index contributed by atoms with van der Waals surface area (Å²) in [5, 5.41) is 13.4. The van der Waals surface area contributed by atoms with Crippen molar-refractivity contribution in [2.45, 2.75) is 19.8 Å². The van der Waals surface area contributed by atoms with Crippen LogP contribution in [0.15, 0.2) is 0 Å².